The van der Waals surface area contributed by atoms with Crippen LogP contribution in [0.1, 0.15) is 17.5 Å². The van der Waals surface area contributed by atoms with Crippen LogP contribution < -0.4 is 10.1 Å². The normalized spacial score (nSPS) is 10.1. The molecule has 4 heteroatoms. The molecule has 2 aromatic rings. The number of ether oxygens (including phenoxy) is 1. The summed E-state index contributed by atoms with van der Waals surface area (Å²) in [6, 6.07) is 17.8. The van der Waals surface area contributed by atoms with Crippen LogP contribution in [0.3, 0.4) is 0 Å². The Morgan fingerprint density at radius 3 is 2.67 bits per heavy atom. The van der Waals surface area contributed by atoms with Crippen LogP contribution in [0.15, 0.2) is 53.0 Å². The van der Waals surface area contributed by atoms with E-state index >= 15 is 0 Å². The number of benzene rings is 2. The second kappa shape index (κ2) is 8.46. The van der Waals surface area contributed by atoms with E-state index in [4.69, 9.17) is 10.00 Å². The molecule has 0 saturated carbocycles. The zero-order chi connectivity index (χ0) is 14.9. The van der Waals surface area contributed by atoms with Crippen LogP contribution in [-0.2, 0) is 6.54 Å². The Labute approximate surface area is 133 Å². The maximum absolute atomic E-state index is 8.80. The van der Waals surface area contributed by atoms with Gasteiger partial charge in [0, 0.05) is 6.54 Å². The summed E-state index contributed by atoms with van der Waals surface area (Å²) in [5.41, 5.74) is 1.91. The number of nitrogens with one attached hydrogen (secondary N) is 1. The third-order valence-electron chi connectivity index (χ3n) is 2.99. The predicted octanol–water partition coefficient (Wildman–Crippen LogP) is 3.88. The highest BCUT2D eigenvalue weighted by atomic mass is 79.9. The highest BCUT2D eigenvalue weighted by Crippen LogP contribution is 2.25. The molecule has 0 aliphatic rings. The summed E-state index contributed by atoms with van der Waals surface area (Å²) in [6.45, 7) is 2.43. The van der Waals surface area contributed by atoms with Crippen molar-refractivity contribution in [2.75, 3.05) is 13.2 Å². The summed E-state index contributed by atoms with van der Waals surface area (Å²) in [5, 5.41) is 12.2. The highest BCUT2D eigenvalue weighted by molar-refractivity contribution is 9.10. The molecular formula is C17H17BrN2O. The topological polar surface area (TPSA) is 45.0 Å². The first-order chi connectivity index (χ1) is 10.3. The van der Waals surface area contributed by atoms with Crippen molar-refractivity contribution in [1.82, 2.24) is 5.32 Å². The van der Waals surface area contributed by atoms with Gasteiger partial charge in [0.25, 0.3) is 0 Å². The first kappa shape index (κ1) is 15.6. The van der Waals surface area contributed by atoms with Gasteiger partial charge in [0.05, 0.1) is 22.7 Å². The quantitative estimate of drug-likeness (QED) is 0.775. The molecule has 0 aromatic heterocycles. The lowest BCUT2D eigenvalue weighted by molar-refractivity contribution is 0.306. The van der Waals surface area contributed by atoms with Crippen molar-refractivity contribution in [2.45, 2.75) is 13.0 Å². The first-order valence-corrected chi connectivity index (χ1v) is 7.66. The monoisotopic (exact) mass is 344 g/mol. The maximum Gasteiger partial charge on any atom is 0.133 e. The lowest BCUT2D eigenvalue weighted by Crippen LogP contribution is -2.17. The molecule has 0 aliphatic heterocycles. The minimum absolute atomic E-state index is 0.624. The van der Waals surface area contributed by atoms with Crippen molar-refractivity contribution in [3.05, 3.63) is 64.1 Å². The van der Waals surface area contributed by atoms with Gasteiger partial charge in [0.2, 0.25) is 0 Å². The Hall–Kier alpha value is -1.83. The largest absolute Gasteiger partial charge is 0.492 e. The fourth-order valence-electron chi connectivity index (χ4n) is 1.90. The van der Waals surface area contributed by atoms with E-state index < -0.39 is 0 Å². The second-order valence-corrected chi connectivity index (χ2v) is 5.48. The fraction of sp³-hybridized carbons (Fsp3) is 0.235. The van der Waals surface area contributed by atoms with Crippen molar-refractivity contribution in [2.24, 2.45) is 0 Å². The highest BCUT2D eigenvalue weighted by Gasteiger charge is 2.02. The fourth-order valence-corrected chi connectivity index (χ4v) is 2.39. The van der Waals surface area contributed by atoms with Gasteiger partial charge in [-0.25, -0.2) is 0 Å². The van der Waals surface area contributed by atoms with Crippen molar-refractivity contribution in [3.63, 3.8) is 0 Å². The van der Waals surface area contributed by atoms with E-state index in [0.29, 0.717) is 12.2 Å². The number of nitrogens with zero attached hydrogens (tertiary/aromatic N) is 1. The molecule has 2 rings (SSSR count). The van der Waals surface area contributed by atoms with Crippen LogP contribution in [0.2, 0.25) is 0 Å². The number of hydrogen-bond donors (Lipinski definition) is 1. The Bertz CT molecular complexity index is 608. The van der Waals surface area contributed by atoms with E-state index in [9.17, 15) is 0 Å². The molecule has 0 amide bonds. The summed E-state index contributed by atoms with van der Waals surface area (Å²) < 4.78 is 6.51. The third kappa shape index (κ3) is 5.22. The molecule has 0 unspecified atom stereocenters. The molecule has 1 N–H and O–H groups in total. The Balaban J connectivity index is 1.65. The summed E-state index contributed by atoms with van der Waals surface area (Å²) in [7, 11) is 0. The zero-order valence-corrected chi connectivity index (χ0v) is 13.3. The van der Waals surface area contributed by atoms with E-state index in [0.717, 1.165) is 29.7 Å². The smallest absolute Gasteiger partial charge is 0.133 e. The summed E-state index contributed by atoms with van der Waals surface area (Å²) in [6.07, 6.45) is 0.930. The standard InChI is InChI=1S/C17H17BrN2O/c18-16-11-15(12-19)7-8-17(16)21-10-4-9-20-13-14-5-2-1-3-6-14/h1-3,5-8,11,20H,4,9-10,13H2. The van der Waals surface area contributed by atoms with Crippen molar-refractivity contribution in [1.29, 1.82) is 5.26 Å². The van der Waals surface area contributed by atoms with Crippen LogP contribution >= 0.6 is 15.9 Å². The van der Waals surface area contributed by atoms with Crippen LogP contribution in [0.25, 0.3) is 0 Å². The van der Waals surface area contributed by atoms with Gasteiger partial charge in [0.15, 0.2) is 0 Å². The molecule has 0 aliphatic carbocycles. The average molecular weight is 345 g/mol. The number of hydrogen-bond acceptors (Lipinski definition) is 3. The van der Waals surface area contributed by atoms with E-state index in [2.05, 4.69) is 39.4 Å². The van der Waals surface area contributed by atoms with Gasteiger partial charge in [0.1, 0.15) is 5.75 Å². The van der Waals surface area contributed by atoms with E-state index in [1.54, 1.807) is 12.1 Å². The second-order valence-electron chi connectivity index (χ2n) is 4.62. The number of rotatable bonds is 7. The van der Waals surface area contributed by atoms with Crippen LogP contribution in [0, 0.1) is 11.3 Å². The predicted molar refractivity (Wildman–Crippen MR) is 87.1 cm³/mol. The molecule has 0 bridgehead atoms. The number of nitriles is 1. The van der Waals surface area contributed by atoms with Crippen LogP contribution in [-0.4, -0.2) is 13.2 Å². The maximum atomic E-state index is 8.80. The zero-order valence-electron chi connectivity index (χ0n) is 11.7. The third-order valence-corrected chi connectivity index (χ3v) is 3.61. The molecule has 2 aromatic carbocycles. The van der Waals surface area contributed by atoms with Gasteiger partial charge < -0.3 is 10.1 Å². The Morgan fingerprint density at radius 2 is 1.95 bits per heavy atom. The Morgan fingerprint density at radius 1 is 1.14 bits per heavy atom. The van der Waals surface area contributed by atoms with E-state index in [1.165, 1.54) is 5.56 Å². The SMILES string of the molecule is N#Cc1ccc(OCCCNCc2ccccc2)c(Br)c1. The molecule has 0 spiro atoms. The molecule has 0 radical (unpaired) electrons. The van der Waals surface area contributed by atoms with Gasteiger partial charge in [-0.1, -0.05) is 30.3 Å². The van der Waals surface area contributed by atoms with Crippen molar-refractivity contribution in [3.8, 4) is 11.8 Å². The Kier molecular flexibility index (Phi) is 6.26. The molecule has 0 fully saturated rings. The molecule has 0 atom stereocenters. The van der Waals surface area contributed by atoms with Crippen LogP contribution in [0.5, 0.6) is 5.75 Å². The molecule has 21 heavy (non-hydrogen) atoms. The molecule has 3 nitrogen and oxygen atoms in total. The van der Waals surface area contributed by atoms with Gasteiger partial charge in [-0.15, -0.1) is 0 Å². The van der Waals surface area contributed by atoms with E-state index in [1.807, 2.05) is 24.3 Å². The van der Waals surface area contributed by atoms with Gasteiger partial charge in [-0.3, -0.25) is 0 Å². The summed E-state index contributed by atoms with van der Waals surface area (Å²) in [4.78, 5) is 0. The summed E-state index contributed by atoms with van der Waals surface area (Å²) in [5.74, 6) is 0.775. The summed E-state index contributed by atoms with van der Waals surface area (Å²) >= 11 is 3.41. The first-order valence-electron chi connectivity index (χ1n) is 6.86. The lowest BCUT2D eigenvalue weighted by atomic mass is 10.2. The molecule has 0 saturated heterocycles. The van der Waals surface area contributed by atoms with Crippen molar-refractivity contribution >= 4 is 15.9 Å². The van der Waals surface area contributed by atoms with Gasteiger partial charge >= 0.3 is 0 Å². The average Bonchev–Trinajstić information content (AvgIpc) is 2.53. The van der Waals surface area contributed by atoms with Crippen molar-refractivity contribution < 1.29 is 4.74 Å². The molecule has 0 heterocycles. The van der Waals surface area contributed by atoms with Gasteiger partial charge in [-0.05, 0) is 52.7 Å². The minimum atomic E-state index is 0.624. The number of halogens is 1. The molecular weight excluding hydrogens is 328 g/mol. The lowest BCUT2D eigenvalue weighted by Gasteiger charge is -2.09. The van der Waals surface area contributed by atoms with E-state index in [-0.39, 0.29) is 0 Å². The minimum Gasteiger partial charge on any atom is -0.492 e. The van der Waals surface area contributed by atoms with Gasteiger partial charge in [-0.2, -0.15) is 5.26 Å². The molecule has 108 valence electrons. The van der Waals surface area contributed by atoms with Crippen LogP contribution in [0.4, 0.5) is 0 Å².